The van der Waals surface area contributed by atoms with Crippen molar-refractivity contribution in [3.05, 3.63) is 29.8 Å². The van der Waals surface area contributed by atoms with Gasteiger partial charge in [0, 0.05) is 25.3 Å². The molecule has 88 valence electrons. The molecular weight excluding hydrogens is 202 g/mol. The molecule has 2 amide bonds. The Kier molecular flexibility index (Phi) is 4.79. The number of nitrogens with one attached hydrogen (secondary N) is 1. The fourth-order valence-electron chi connectivity index (χ4n) is 1.49. The highest BCUT2D eigenvalue weighted by molar-refractivity contribution is 5.89. The molecule has 0 aliphatic carbocycles. The highest BCUT2D eigenvalue weighted by Gasteiger charge is 2.08. The van der Waals surface area contributed by atoms with Crippen LogP contribution in [0, 0.1) is 0 Å². The summed E-state index contributed by atoms with van der Waals surface area (Å²) in [6.07, 6.45) is 0. The topological polar surface area (TPSA) is 58.4 Å². The molecule has 1 aromatic rings. The molecule has 0 unspecified atom stereocenters. The van der Waals surface area contributed by atoms with Gasteiger partial charge in [-0.25, -0.2) is 4.79 Å². The van der Waals surface area contributed by atoms with E-state index in [0.717, 1.165) is 11.3 Å². The molecule has 0 radical (unpaired) electrons. The molecule has 3 N–H and O–H groups in total. The van der Waals surface area contributed by atoms with Crippen molar-refractivity contribution in [2.45, 2.75) is 20.4 Å². The zero-order valence-electron chi connectivity index (χ0n) is 9.86. The number of hydrogen-bond acceptors (Lipinski definition) is 2. The third-order valence-corrected chi connectivity index (χ3v) is 2.46. The van der Waals surface area contributed by atoms with Gasteiger partial charge < -0.3 is 16.0 Å². The summed E-state index contributed by atoms with van der Waals surface area (Å²) < 4.78 is 0. The Bertz CT molecular complexity index is 348. The number of nitrogens with zero attached hydrogens (tertiary/aromatic N) is 1. The molecule has 0 aliphatic heterocycles. The van der Waals surface area contributed by atoms with E-state index in [0.29, 0.717) is 19.6 Å². The predicted molar refractivity (Wildman–Crippen MR) is 66.3 cm³/mol. The number of anilines is 1. The number of carbonyl (C=O) groups is 1. The molecule has 0 fully saturated rings. The van der Waals surface area contributed by atoms with Gasteiger partial charge in [0.25, 0.3) is 0 Å². The van der Waals surface area contributed by atoms with Crippen molar-refractivity contribution in [2.75, 3.05) is 18.4 Å². The smallest absolute Gasteiger partial charge is 0.321 e. The molecule has 0 bridgehead atoms. The number of benzene rings is 1. The lowest BCUT2D eigenvalue weighted by Gasteiger charge is -2.19. The average molecular weight is 221 g/mol. The summed E-state index contributed by atoms with van der Waals surface area (Å²) in [5.74, 6) is 0. The fourth-order valence-corrected chi connectivity index (χ4v) is 1.49. The highest BCUT2D eigenvalue weighted by atomic mass is 16.2. The van der Waals surface area contributed by atoms with E-state index in [-0.39, 0.29) is 6.03 Å². The molecule has 0 saturated carbocycles. The Morgan fingerprint density at radius 1 is 1.38 bits per heavy atom. The minimum Gasteiger partial charge on any atom is -0.326 e. The van der Waals surface area contributed by atoms with Crippen LogP contribution < -0.4 is 11.1 Å². The Morgan fingerprint density at radius 3 is 2.62 bits per heavy atom. The van der Waals surface area contributed by atoms with Gasteiger partial charge in [-0.05, 0) is 31.5 Å². The Morgan fingerprint density at radius 2 is 2.06 bits per heavy atom. The minimum atomic E-state index is -0.0702. The summed E-state index contributed by atoms with van der Waals surface area (Å²) in [4.78, 5) is 13.5. The lowest BCUT2D eigenvalue weighted by atomic mass is 10.2. The summed E-state index contributed by atoms with van der Waals surface area (Å²) in [7, 11) is 0. The Hall–Kier alpha value is -1.55. The van der Waals surface area contributed by atoms with Gasteiger partial charge in [-0.15, -0.1) is 0 Å². The van der Waals surface area contributed by atoms with Crippen molar-refractivity contribution in [1.29, 1.82) is 0 Å². The maximum Gasteiger partial charge on any atom is 0.321 e. The molecule has 0 atom stereocenters. The maximum absolute atomic E-state index is 11.8. The summed E-state index contributed by atoms with van der Waals surface area (Å²) in [6, 6.07) is 7.51. The largest absolute Gasteiger partial charge is 0.326 e. The first kappa shape index (κ1) is 12.5. The van der Waals surface area contributed by atoms with E-state index in [1.165, 1.54) is 0 Å². The van der Waals surface area contributed by atoms with Crippen molar-refractivity contribution in [2.24, 2.45) is 5.73 Å². The van der Waals surface area contributed by atoms with Crippen molar-refractivity contribution < 1.29 is 4.79 Å². The van der Waals surface area contributed by atoms with Gasteiger partial charge in [0.05, 0.1) is 0 Å². The van der Waals surface area contributed by atoms with Crippen LogP contribution in [0.4, 0.5) is 10.5 Å². The van der Waals surface area contributed by atoms with E-state index >= 15 is 0 Å². The molecule has 4 nitrogen and oxygen atoms in total. The van der Waals surface area contributed by atoms with E-state index in [1.807, 2.05) is 38.1 Å². The molecule has 0 saturated heterocycles. The highest BCUT2D eigenvalue weighted by Crippen LogP contribution is 2.10. The summed E-state index contributed by atoms with van der Waals surface area (Å²) in [6.45, 7) is 5.81. The number of carbonyl (C=O) groups excluding carboxylic acids is 1. The van der Waals surface area contributed by atoms with E-state index < -0.39 is 0 Å². The SMILES string of the molecule is CCN(CC)C(=O)Nc1cccc(CN)c1. The van der Waals surface area contributed by atoms with E-state index in [2.05, 4.69) is 5.32 Å². The summed E-state index contributed by atoms with van der Waals surface area (Å²) in [5.41, 5.74) is 7.34. The number of hydrogen-bond donors (Lipinski definition) is 2. The van der Waals surface area contributed by atoms with Crippen molar-refractivity contribution >= 4 is 11.7 Å². The zero-order chi connectivity index (χ0) is 12.0. The molecule has 0 spiro atoms. The maximum atomic E-state index is 11.8. The lowest BCUT2D eigenvalue weighted by molar-refractivity contribution is 0.217. The fraction of sp³-hybridized carbons (Fsp3) is 0.417. The van der Waals surface area contributed by atoms with Crippen LogP contribution in [-0.2, 0) is 6.54 Å². The van der Waals surface area contributed by atoms with Gasteiger partial charge in [0.15, 0.2) is 0 Å². The van der Waals surface area contributed by atoms with Gasteiger partial charge in [0.1, 0.15) is 0 Å². The van der Waals surface area contributed by atoms with Crippen LogP contribution in [0.3, 0.4) is 0 Å². The van der Waals surface area contributed by atoms with E-state index in [4.69, 9.17) is 5.73 Å². The monoisotopic (exact) mass is 221 g/mol. The van der Waals surface area contributed by atoms with Crippen LogP contribution in [0.25, 0.3) is 0 Å². The summed E-state index contributed by atoms with van der Waals surface area (Å²) >= 11 is 0. The second-order valence-electron chi connectivity index (χ2n) is 3.51. The number of rotatable bonds is 4. The first-order valence-electron chi connectivity index (χ1n) is 5.56. The van der Waals surface area contributed by atoms with Gasteiger partial charge in [-0.1, -0.05) is 12.1 Å². The van der Waals surface area contributed by atoms with Crippen LogP contribution in [-0.4, -0.2) is 24.0 Å². The van der Waals surface area contributed by atoms with Crippen molar-refractivity contribution in [1.82, 2.24) is 4.90 Å². The number of nitrogens with two attached hydrogens (primary N) is 1. The Balaban J connectivity index is 2.68. The van der Waals surface area contributed by atoms with Crippen molar-refractivity contribution in [3.63, 3.8) is 0 Å². The second-order valence-corrected chi connectivity index (χ2v) is 3.51. The molecule has 0 heterocycles. The quantitative estimate of drug-likeness (QED) is 0.817. The first-order chi connectivity index (χ1) is 7.71. The van der Waals surface area contributed by atoms with Gasteiger partial charge >= 0.3 is 6.03 Å². The number of amides is 2. The standard InChI is InChI=1S/C12H19N3O/c1-3-15(4-2)12(16)14-11-7-5-6-10(8-11)9-13/h5-8H,3-4,9,13H2,1-2H3,(H,14,16). The third kappa shape index (κ3) is 3.24. The third-order valence-electron chi connectivity index (χ3n) is 2.46. The second kappa shape index (κ2) is 6.12. The Labute approximate surface area is 96.4 Å². The number of urea groups is 1. The molecule has 1 rings (SSSR count). The van der Waals surface area contributed by atoms with Gasteiger partial charge in [0.2, 0.25) is 0 Å². The molecule has 4 heteroatoms. The summed E-state index contributed by atoms with van der Waals surface area (Å²) in [5, 5.41) is 2.85. The normalized spacial score (nSPS) is 9.94. The van der Waals surface area contributed by atoms with Crippen LogP contribution in [0.15, 0.2) is 24.3 Å². The first-order valence-corrected chi connectivity index (χ1v) is 5.56. The van der Waals surface area contributed by atoms with Gasteiger partial charge in [-0.2, -0.15) is 0 Å². The van der Waals surface area contributed by atoms with Crippen molar-refractivity contribution in [3.8, 4) is 0 Å². The van der Waals surface area contributed by atoms with Crippen LogP contribution >= 0.6 is 0 Å². The van der Waals surface area contributed by atoms with Crippen LogP contribution in [0.1, 0.15) is 19.4 Å². The molecule has 0 aromatic heterocycles. The molecule has 16 heavy (non-hydrogen) atoms. The van der Waals surface area contributed by atoms with Crippen LogP contribution in [0.2, 0.25) is 0 Å². The van der Waals surface area contributed by atoms with Crippen LogP contribution in [0.5, 0.6) is 0 Å². The molecule has 1 aromatic carbocycles. The van der Waals surface area contributed by atoms with E-state index in [9.17, 15) is 4.79 Å². The predicted octanol–water partition coefficient (Wildman–Crippen LogP) is 2.02. The molecule has 0 aliphatic rings. The molecular formula is C12H19N3O. The average Bonchev–Trinajstić information content (AvgIpc) is 2.31. The zero-order valence-corrected chi connectivity index (χ0v) is 9.86. The lowest BCUT2D eigenvalue weighted by Crippen LogP contribution is -2.34. The minimum absolute atomic E-state index is 0.0702. The van der Waals surface area contributed by atoms with Gasteiger partial charge in [-0.3, -0.25) is 0 Å². The van der Waals surface area contributed by atoms with E-state index in [1.54, 1.807) is 4.90 Å².